The number of aliphatic hydroxyl groups is 1. The van der Waals surface area contributed by atoms with Gasteiger partial charge in [0.2, 0.25) is 11.7 Å². The minimum Gasteiger partial charge on any atom is -0.384 e. The fraction of sp³-hybridized carbons (Fsp3) is 0.375. The van der Waals surface area contributed by atoms with Crippen molar-refractivity contribution in [3.05, 3.63) is 58.0 Å². The third kappa shape index (κ3) is 4.39. The van der Waals surface area contributed by atoms with Crippen LogP contribution in [0.2, 0.25) is 0 Å². The summed E-state index contributed by atoms with van der Waals surface area (Å²) in [5.41, 5.74) is -0.452. The van der Waals surface area contributed by atoms with Crippen LogP contribution in [-0.2, 0) is 16.9 Å². The number of hydrogen-bond acceptors (Lipinski definition) is 5. The lowest BCUT2D eigenvalue weighted by atomic mass is 9.96. The fourth-order valence-corrected chi connectivity index (χ4v) is 2.29. The number of hydrogen-bond donors (Lipinski definition) is 2. The molecule has 2 aromatic rings. The number of nitro groups is 1. The summed E-state index contributed by atoms with van der Waals surface area (Å²) in [4.78, 5) is 25.9. The maximum Gasteiger partial charge on any atom is 0.381 e. The monoisotopic (exact) mass is 332 g/mol. The van der Waals surface area contributed by atoms with Gasteiger partial charge in [-0.1, -0.05) is 30.3 Å². The Balaban J connectivity index is 1.87. The average Bonchev–Trinajstić information content (AvgIpc) is 2.93. The van der Waals surface area contributed by atoms with E-state index in [0.717, 1.165) is 0 Å². The number of carbonyl (C=O) groups excluding carboxylic acids is 1. The van der Waals surface area contributed by atoms with Crippen molar-refractivity contribution in [1.82, 2.24) is 14.9 Å². The number of aryl methyl sites for hydroxylation is 2. The van der Waals surface area contributed by atoms with E-state index in [0.29, 0.717) is 11.4 Å². The lowest BCUT2D eigenvalue weighted by Crippen LogP contribution is -2.38. The number of imidazole rings is 1. The number of amides is 1. The summed E-state index contributed by atoms with van der Waals surface area (Å²) in [5.74, 6) is -0.00680. The Morgan fingerprint density at radius 1 is 1.42 bits per heavy atom. The molecule has 2 rings (SSSR count). The minimum atomic E-state index is -1.17. The first-order valence-electron chi connectivity index (χ1n) is 7.52. The quantitative estimate of drug-likeness (QED) is 0.590. The molecule has 1 aromatic carbocycles. The molecule has 0 saturated carbocycles. The molecule has 0 aliphatic carbocycles. The highest BCUT2D eigenvalue weighted by Crippen LogP contribution is 2.19. The Labute approximate surface area is 139 Å². The van der Waals surface area contributed by atoms with E-state index in [2.05, 4.69) is 10.3 Å². The normalized spacial score (nSPS) is 13.3. The smallest absolute Gasteiger partial charge is 0.381 e. The maximum atomic E-state index is 12.0. The first-order valence-corrected chi connectivity index (χ1v) is 7.52. The van der Waals surface area contributed by atoms with Crippen molar-refractivity contribution in [2.75, 3.05) is 6.54 Å². The highest BCUT2D eigenvalue weighted by Gasteiger charge is 2.23. The first-order chi connectivity index (χ1) is 11.3. The predicted octanol–water partition coefficient (Wildman–Crippen LogP) is 1.51. The maximum absolute atomic E-state index is 12.0. The highest BCUT2D eigenvalue weighted by atomic mass is 16.6. The fourth-order valence-electron chi connectivity index (χ4n) is 2.29. The second-order valence-corrected chi connectivity index (χ2v) is 5.76. The molecular formula is C16H20N4O4. The molecule has 1 unspecified atom stereocenters. The van der Waals surface area contributed by atoms with Crippen molar-refractivity contribution in [2.45, 2.75) is 32.4 Å². The summed E-state index contributed by atoms with van der Waals surface area (Å²) in [5, 5.41) is 23.8. The summed E-state index contributed by atoms with van der Waals surface area (Å²) < 4.78 is 1.56. The van der Waals surface area contributed by atoms with E-state index >= 15 is 0 Å². The van der Waals surface area contributed by atoms with Gasteiger partial charge in [-0.05, 0) is 22.4 Å². The molecule has 2 N–H and O–H groups in total. The van der Waals surface area contributed by atoms with Crippen molar-refractivity contribution < 1.29 is 14.8 Å². The van der Waals surface area contributed by atoms with Gasteiger partial charge >= 0.3 is 5.82 Å². The van der Waals surface area contributed by atoms with Crippen molar-refractivity contribution in [2.24, 2.45) is 0 Å². The molecule has 1 amide bonds. The Kier molecular flexibility index (Phi) is 5.30. The highest BCUT2D eigenvalue weighted by molar-refractivity contribution is 5.75. The molecule has 0 saturated heterocycles. The summed E-state index contributed by atoms with van der Waals surface area (Å²) >= 11 is 0. The average molecular weight is 332 g/mol. The number of rotatable bonds is 7. The van der Waals surface area contributed by atoms with Crippen LogP contribution in [0, 0.1) is 17.0 Å². The Hall–Kier alpha value is -2.74. The first kappa shape index (κ1) is 17.6. The van der Waals surface area contributed by atoms with E-state index in [1.54, 1.807) is 30.5 Å². The second-order valence-electron chi connectivity index (χ2n) is 5.76. The zero-order valence-electron chi connectivity index (χ0n) is 13.6. The minimum absolute atomic E-state index is 0.0822. The molecule has 24 heavy (non-hydrogen) atoms. The van der Waals surface area contributed by atoms with Crippen LogP contribution in [0.5, 0.6) is 0 Å². The number of nitrogens with zero attached hydrogens (tertiary/aromatic N) is 3. The van der Waals surface area contributed by atoms with Crippen molar-refractivity contribution >= 4 is 11.7 Å². The summed E-state index contributed by atoms with van der Waals surface area (Å²) in [6.07, 6.45) is 1.45. The van der Waals surface area contributed by atoms with Crippen molar-refractivity contribution in [3.63, 3.8) is 0 Å². The van der Waals surface area contributed by atoms with Crippen LogP contribution in [0.15, 0.2) is 36.5 Å². The molecule has 8 heteroatoms. The third-order valence-electron chi connectivity index (χ3n) is 3.76. The van der Waals surface area contributed by atoms with Crippen LogP contribution >= 0.6 is 0 Å². The Morgan fingerprint density at radius 2 is 2.08 bits per heavy atom. The van der Waals surface area contributed by atoms with Crippen molar-refractivity contribution in [1.29, 1.82) is 0 Å². The van der Waals surface area contributed by atoms with Gasteiger partial charge in [-0.25, -0.2) is 0 Å². The van der Waals surface area contributed by atoms with Gasteiger partial charge in [0.15, 0.2) is 0 Å². The molecule has 0 aliphatic rings. The lowest BCUT2D eigenvalue weighted by molar-refractivity contribution is -0.389. The van der Waals surface area contributed by atoms with Gasteiger partial charge in [0, 0.05) is 19.9 Å². The lowest BCUT2D eigenvalue weighted by Gasteiger charge is -2.24. The van der Waals surface area contributed by atoms with Crippen molar-refractivity contribution in [3.8, 4) is 0 Å². The van der Waals surface area contributed by atoms with E-state index in [9.17, 15) is 20.0 Å². The van der Waals surface area contributed by atoms with Gasteiger partial charge in [-0.3, -0.25) is 4.79 Å². The van der Waals surface area contributed by atoms with E-state index in [-0.39, 0.29) is 31.2 Å². The summed E-state index contributed by atoms with van der Waals surface area (Å²) in [7, 11) is 0. The summed E-state index contributed by atoms with van der Waals surface area (Å²) in [6.45, 7) is 3.64. The van der Waals surface area contributed by atoms with Crippen LogP contribution in [0.1, 0.15) is 24.7 Å². The van der Waals surface area contributed by atoms with Gasteiger partial charge in [0.25, 0.3) is 0 Å². The van der Waals surface area contributed by atoms with Crippen LogP contribution < -0.4 is 5.32 Å². The van der Waals surface area contributed by atoms with E-state index in [1.807, 2.05) is 18.2 Å². The predicted molar refractivity (Wildman–Crippen MR) is 87.3 cm³/mol. The van der Waals surface area contributed by atoms with Gasteiger partial charge in [-0.2, -0.15) is 0 Å². The number of benzene rings is 1. The molecule has 0 radical (unpaired) electrons. The van der Waals surface area contributed by atoms with Crippen LogP contribution in [0.3, 0.4) is 0 Å². The number of nitrogens with one attached hydrogen (secondary N) is 1. The zero-order valence-corrected chi connectivity index (χ0v) is 13.6. The SMILES string of the molecule is Cc1nc([N+](=O)[O-])cn1CCC(=O)NCC(C)(O)c1ccccc1. The number of aromatic nitrogens is 2. The van der Waals surface area contributed by atoms with E-state index in [1.165, 1.54) is 6.20 Å². The number of carbonyl (C=O) groups is 1. The molecule has 8 nitrogen and oxygen atoms in total. The Bertz CT molecular complexity index is 725. The molecule has 0 fully saturated rings. The van der Waals surface area contributed by atoms with Gasteiger partial charge in [0.1, 0.15) is 11.8 Å². The van der Waals surface area contributed by atoms with Crippen LogP contribution in [0.4, 0.5) is 5.82 Å². The molecule has 1 heterocycles. The Morgan fingerprint density at radius 3 is 2.67 bits per heavy atom. The van der Waals surface area contributed by atoms with E-state index in [4.69, 9.17) is 0 Å². The molecular weight excluding hydrogens is 312 g/mol. The van der Waals surface area contributed by atoms with Crippen LogP contribution in [0.25, 0.3) is 0 Å². The summed E-state index contributed by atoms with van der Waals surface area (Å²) in [6, 6.07) is 9.08. The molecule has 1 aromatic heterocycles. The second kappa shape index (κ2) is 7.22. The molecule has 128 valence electrons. The van der Waals surface area contributed by atoms with Crippen LogP contribution in [-0.4, -0.2) is 32.0 Å². The molecule has 0 spiro atoms. The molecule has 1 atom stereocenters. The van der Waals surface area contributed by atoms with Gasteiger partial charge in [-0.15, -0.1) is 0 Å². The molecule has 0 bridgehead atoms. The topological polar surface area (TPSA) is 110 Å². The standard InChI is InChI=1S/C16H20N4O4/c1-12-18-14(20(23)24)10-19(12)9-8-15(21)17-11-16(2,22)13-6-4-3-5-7-13/h3-7,10,22H,8-9,11H2,1-2H3,(H,17,21). The van der Waals surface area contributed by atoms with E-state index < -0.39 is 10.5 Å². The zero-order chi connectivity index (χ0) is 17.7. The van der Waals surface area contributed by atoms with Gasteiger partial charge < -0.3 is 25.1 Å². The third-order valence-corrected chi connectivity index (χ3v) is 3.76. The molecule has 0 aliphatic heterocycles. The van der Waals surface area contributed by atoms with Gasteiger partial charge in [0.05, 0.1) is 6.54 Å². The largest absolute Gasteiger partial charge is 0.384 e.